The van der Waals surface area contributed by atoms with E-state index >= 15 is 0 Å². The molecule has 0 spiro atoms. The summed E-state index contributed by atoms with van der Waals surface area (Å²) in [6.07, 6.45) is -0.147. The van der Waals surface area contributed by atoms with E-state index in [1.54, 1.807) is 20.8 Å². The van der Waals surface area contributed by atoms with Gasteiger partial charge in [-0.1, -0.05) is 13.8 Å². The van der Waals surface area contributed by atoms with Crippen LogP contribution in [0.3, 0.4) is 0 Å². The van der Waals surface area contributed by atoms with Crippen molar-refractivity contribution in [1.29, 1.82) is 0 Å². The van der Waals surface area contributed by atoms with Gasteiger partial charge in [-0.25, -0.2) is 4.79 Å². The summed E-state index contributed by atoms with van der Waals surface area (Å²) in [7, 11) is -3.63. The van der Waals surface area contributed by atoms with E-state index in [0.717, 1.165) is 6.26 Å². The first kappa shape index (κ1) is 13.4. The van der Waals surface area contributed by atoms with E-state index in [-0.39, 0.29) is 12.5 Å². The maximum Gasteiger partial charge on any atom is 0.337 e. The molecule has 0 fully saturated rings. The van der Waals surface area contributed by atoms with Gasteiger partial charge in [0.05, 0.1) is 12.9 Å². The second-order valence-electron chi connectivity index (χ2n) is 3.22. The molecule has 6 heteroatoms. The number of rotatable bonds is 5. The van der Waals surface area contributed by atoms with Crippen LogP contribution >= 0.6 is 0 Å². The van der Waals surface area contributed by atoms with Crippen LogP contribution < -0.4 is 0 Å². The Morgan fingerprint density at radius 3 is 2.14 bits per heavy atom. The third-order valence-electron chi connectivity index (χ3n) is 1.40. The van der Waals surface area contributed by atoms with Gasteiger partial charge in [0, 0.05) is 0 Å². The molecule has 0 aromatic rings. The topological polar surface area (TPSA) is 69.7 Å². The zero-order valence-electron chi connectivity index (χ0n) is 8.81. The summed E-state index contributed by atoms with van der Waals surface area (Å²) >= 11 is 0. The minimum absolute atomic E-state index is 0.204. The van der Waals surface area contributed by atoms with Gasteiger partial charge in [0.2, 0.25) is 0 Å². The molecule has 0 aromatic heterocycles. The van der Waals surface area contributed by atoms with Crippen molar-refractivity contribution in [2.75, 3.05) is 12.9 Å². The number of hydrogen-bond acceptors (Lipinski definition) is 5. The van der Waals surface area contributed by atoms with Gasteiger partial charge in [-0.3, -0.25) is 4.18 Å². The third kappa shape index (κ3) is 5.18. The quantitative estimate of drug-likeness (QED) is 0.504. The third-order valence-corrected chi connectivity index (χ3v) is 1.96. The van der Waals surface area contributed by atoms with Gasteiger partial charge in [0.25, 0.3) is 10.1 Å². The number of hydrogen-bond donors (Lipinski definition) is 0. The smallest absolute Gasteiger partial charge is 0.337 e. The second kappa shape index (κ2) is 5.31. The van der Waals surface area contributed by atoms with E-state index in [0.29, 0.717) is 0 Å². The van der Waals surface area contributed by atoms with Crippen molar-refractivity contribution in [3.63, 3.8) is 0 Å². The maximum atomic E-state index is 11.3. The van der Waals surface area contributed by atoms with Gasteiger partial charge in [-0.15, -0.1) is 0 Å². The van der Waals surface area contributed by atoms with Crippen LogP contribution in [-0.2, 0) is 23.8 Å². The van der Waals surface area contributed by atoms with Gasteiger partial charge in [0.15, 0.2) is 6.10 Å². The van der Waals surface area contributed by atoms with Crippen LogP contribution in [0.25, 0.3) is 0 Å². The predicted octanol–water partition coefficient (Wildman–Crippen LogP) is 0.550. The normalized spacial score (nSPS) is 14.1. The van der Waals surface area contributed by atoms with Crippen LogP contribution in [0.1, 0.15) is 20.8 Å². The first-order chi connectivity index (χ1) is 6.28. The summed E-state index contributed by atoms with van der Waals surface area (Å²) < 4.78 is 30.9. The SMILES string of the molecule is CCOC(=O)C(OS(C)(=O)=O)C(C)C. The molecule has 0 aromatic carbocycles. The zero-order valence-corrected chi connectivity index (χ0v) is 9.63. The van der Waals surface area contributed by atoms with E-state index in [9.17, 15) is 13.2 Å². The van der Waals surface area contributed by atoms with Gasteiger partial charge in [0.1, 0.15) is 0 Å². The molecule has 5 nitrogen and oxygen atoms in total. The van der Waals surface area contributed by atoms with Crippen LogP contribution in [0.5, 0.6) is 0 Å². The second-order valence-corrected chi connectivity index (χ2v) is 4.82. The van der Waals surface area contributed by atoms with Crippen LogP contribution in [-0.4, -0.2) is 33.4 Å². The average Bonchev–Trinajstić information content (AvgIpc) is 1.98. The van der Waals surface area contributed by atoms with Crippen LogP contribution in [0, 0.1) is 5.92 Å². The Kier molecular flexibility index (Phi) is 5.07. The molecule has 0 rings (SSSR count). The van der Waals surface area contributed by atoms with E-state index in [1.165, 1.54) is 0 Å². The number of ether oxygens (including phenoxy) is 1. The summed E-state index contributed by atoms with van der Waals surface area (Å²) in [5, 5.41) is 0. The molecule has 0 bridgehead atoms. The minimum Gasteiger partial charge on any atom is -0.464 e. The lowest BCUT2D eigenvalue weighted by Gasteiger charge is -2.17. The highest BCUT2D eigenvalue weighted by molar-refractivity contribution is 7.86. The summed E-state index contributed by atoms with van der Waals surface area (Å²) in [6, 6.07) is 0. The fraction of sp³-hybridized carbons (Fsp3) is 0.875. The van der Waals surface area contributed by atoms with Gasteiger partial charge < -0.3 is 4.74 Å². The fourth-order valence-electron chi connectivity index (χ4n) is 0.835. The maximum absolute atomic E-state index is 11.3. The van der Waals surface area contributed by atoms with Crippen LogP contribution in [0.2, 0.25) is 0 Å². The highest BCUT2D eigenvalue weighted by atomic mass is 32.2. The summed E-state index contributed by atoms with van der Waals surface area (Å²) in [5.74, 6) is -0.892. The molecule has 0 saturated carbocycles. The number of carbonyl (C=O) groups excluding carboxylic acids is 1. The Morgan fingerprint density at radius 2 is 1.86 bits per heavy atom. The molecular formula is C8H16O5S. The van der Waals surface area contributed by atoms with Gasteiger partial charge in [-0.05, 0) is 12.8 Å². The lowest BCUT2D eigenvalue weighted by molar-refractivity contribution is -0.153. The van der Waals surface area contributed by atoms with Crippen LogP contribution in [0.4, 0.5) is 0 Å². The molecule has 14 heavy (non-hydrogen) atoms. The Labute approximate surface area is 84.5 Å². The number of carbonyl (C=O) groups is 1. The molecule has 0 aliphatic carbocycles. The molecular weight excluding hydrogens is 208 g/mol. The van der Waals surface area contributed by atoms with Crippen molar-refractivity contribution in [1.82, 2.24) is 0 Å². The van der Waals surface area contributed by atoms with Crippen molar-refractivity contribution in [2.24, 2.45) is 5.92 Å². The molecule has 0 saturated heterocycles. The van der Waals surface area contributed by atoms with E-state index in [4.69, 9.17) is 0 Å². The zero-order chi connectivity index (χ0) is 11.4. The minimum atomic E-state index is -3.63. The first-order valence-electron chi connectivity index (χ1n) is 4.32. The summed E-state index contributed by atoms with van der Waals surface area (Å²) in [5.41, 5.74) is 0. The van der Waals surface area contributed by atoms with E-state index < -0.39 is 22.2 Å². The molecule has 1 unspecified atom stereocenters. The molecule has 0 aliphatic rings. The molecule has 0 radical (unpaired) electrons. The van der Waals surface area contributed by atoms with E-state index in [2.05, 4.69) is 8.92 Å². The van der Waals surface area contributed by atoms with Crippen molar-refractivity contribution < 1.29 is 22.1 Å². The van der Waals surface area contributed by atoms with Crippen molar-refractivity contribution in [3.8, 4) is 0 Å². The Bertz CT molecular complexity index is 280. The molecule has 0 heterocycles. The van der Waals surface area contributed by atoms with Crippen LogP contribution in [0.15, 0.2) is 0 Å². The average molecular weight is 224 g/mol. The Morgan fingerprint density at radius 1 is 1.36 bits per heavy atom. The molecule has 1 atom stereocenters. The molecule has 84 valence electrons. The van der Waals surface area contributed by atoms with Crippen molar-refractivity contribution in [3.05, 3.63) is 0 Å². The number of esters is 1. The predicted molar refractivity (Wildman–Crippen MR) is 51.2 cm³/mol. The molecule has 0 N–H and O–H groups in total. The Hall–Kier alpha value is -0.620. The standard InChI is InChI=1S/C8H16O5S/c1-5-12-8(9)7(6(2)3)13-14(4,10)11/h6-7H,5H2,1-4H3. The Balaban J connectivity index is 4.53. The highest BCUT2D eigenvalue weighted by Crippen LogP contribution is 2.11. The van der Waals surface area contributed by atoms with E-state index in [1.807, 2.05) is 0 Å². The lowest BCUT2D eigenvalue weighted by Crippen LogP contribution is -2.33. The summed E-state index contributed by atoms with van der Waals surface area (Å²) in [6.45, 7) is 5.23. The molecule has 0 aliphatic heterocycles. The largest absolute Gasteiger partial charge is 0.464 e. The van der Waals surface area contributed by atoms with Crippen molar-refractivity contribution >= 4 is 16.1 Å². The van der Waals surface area contributed by atoms with Gasteiger partial charge >= 0.3 is 5.97 Å². The fourth-order valence-corrected chi connectivity index (χ4v) is 1.51. The van der Waals surface area contributed by atoms with Crippen molar-refractivity contribution in [2.45, 2.75) is 26.9 Å². The monoisotopic (exact) mass is 224 g/mol. The summed E-state index contributed by atoms with van der Waals surface area (Å²) in [4.78, 5) is 11.3. The molecule has 0 amide bonds. The lowest BCUT2D eigenvalue weighted by atomic mass is 10.1. The van der Waals surface area contributed by atoms with Gasteiger partial charge in [-0.2, -0.15) is 8.42 Å². The highest BCUT2D eigenvalue weighted by Gasteiger charge is 2.28. The first-order valence-corrected chi connectivity index (χ1v) is 6.14.